The number of hydrogen-bond donors (Lipinski definition) is 1. The molecule has 0 fully saturated rings. The van der Waals surface area contributed by atoms with E-state index in [0.717, 1.165) is 16.8 Å². The van der Waals surface area contributed by atoms with Gasteiger partial charge in [0.1, 0.15) is 0 Å². The molecular weight excluding hydrogens is 242 g/mol. The molecule has 0 spiro atoms. The normalized spacial score (nSPS) is 10.7. The summed E-state index contributed by atoms with van der Waals surface area (Å²) in [5.41, 5.74) is 5.22. The lowest BCUT2D eigenvalue weighted by molar-refractivity contribution is 0.856. The van der Waals surface area contributed by atoms with Crippen molar-refractivity contribution in [2.24, 2.45) is 7.05 Å². The van der Waals surface area contributed by atoms with Crippen LogP contribution in [-0.2, 0) is 12.8 Å². The highest BCUT2D eigenvalue weighted by Gasteiger charge is 2.08. The molecule has 0 unspecified atom stereocenters. The predicted molar refractivity (Wildman–Crippen MR) is 79.3 cm³/mol. The Labute approximate surface area is 113 Å². The molecule has 0 radical (unpaired) electrons. The first-order valence-corrected chi connectivity index (χ1v) is 6.55. The van der Waals surface area contributed by atoms with Crippen molar-refractivity contribution in [1.29, 1.82) is 0 Å². The first-order chi connectivity index (χ1) is 8.54. The molecule has 0 saturated heterocycles. The monoisotopic (exact) mass is 259 g/mol. The number of aromatic nitrogens is 1. The van der Waals surface area contributed by atoms with Crippen LogP contribution in [0.4, 0.5) is 0 Å². The number of nitrogens with zero attached hydrogens (tertiary/aromatic N) is 1. The van der Waals surface area contributed by atoms with Crippen LogP contribution in [-0.4, -0.2) is 4.57 Å². The van der Waals surface area contributed by atoms with Gasteiger partial charge in [-0.2, -0.15) is 12.6 Å². The van der Waals surface area contributed by atoms with E-state index >= 15 is 0 Å². The van der Waals surface area contributed by atoms with E-state index in [1.165, 1.54) is 11.1 Å². The zero-order chi connectivity index (χ0) is 13.3. The van der Waals surface area contributed by atoms with Crippen molar-refractivity contribution in [3.05, 3.63) is 57.4 Å². The minimum Gasteiger partial charge on any atom is -0.311 e. The van der Waals surface area contributed by atoms with Gasteiger partial charge in [0.05, 0.1) is 5.69 Å². The lowest BCUT2D eigenvalue weighted by Crippen LogP contribution is -2.21. The first-order valence-electron chi connectivity index (χ1n) is 5.92. The Kier molecular flexibility index (Phi) is 3.62. The maximum atomic E-state index is 12.1. The summed E-state index contributed by atoms with van der Waals surface area (Å²) in [6.07, 6.45) is 0. The zero-order valence-corrected chi connectivity index (χ0v) is 11.8. The molecule has 94 valence electrons. The first kappa shape index (κ1) is 13.0. The molecule has 1 heterocycles. The second-order valence-corrected chi connectivity index (χ2v) is 4.90. The lowest BCUT2D eigenvalue weighted by Gasteiger charge is -2.12. The average Bonchev–Trinajstić information content (AvgIpc) is 2.34. The summed E-state index contributed by atoms with van der Waals surface area (Å²) in [5.74, 6) is 0.472. The minimum absolute atomic E-state index is 0.0301. The quantitative estimate of drug-likeness (QED) is 0.822. The third kappa shape index (κ3) is 2.23. The van der Waals surface area contributed by atoms with E-state index in [1.807, 2.05) is 19.2 Å². The molecule has 2 aromatic rings. The fraction of sp³-hybridized carbons (Fsp3) is 0.267. The summed E-state index contributed by atoms with van der Waals surface area (Å²) in [6, 6.07) is 10.1. The third-order valence-electron chi connectivity index (χ3n) is 3.21. The van der Waals surface area contributed by atoms with Gasteiger partial charge >= 0.3 is 0 Å². The highest BCUT2D eigenvalue weighted by molar-refractivity contribution is 7.79. The number of hydrogen-bond acceptors (Lipinski definition) is 2. The van der Waals surface area contributed by atoms with Gasteiger partial charge in [-0.05, 0) is 25.5 Å². The third-order valence-corrected chi connectivity index (χ3v) is 3.55. The standard InChI is InChI=1S/C15H17NOS/c1-10-4-6-13(11(2)8-10)14-7-5-12(9-18)15(17)16(14)3/h4-8,18H,9H2,1-3H3. The van der Waals surface area contributed by atoms with Crippen LogP contribution in [0.25, 0.3) is 11.3 Å². The van der Waals surface area contributed by atoms with E-state index < -0.39 is 0 Å². The molecule has 2 nitrogen and oxygen atoms in total. The van der Waals surface area contributed by atoms with Crippen LogP contribution < -0.4 is 5.56 Å². The van der Waals surface area contributed by atoms with Crippen LogP contribution >= 0.6 is 12.6 Å². The summed E-state index contributed by atoms with van der Waals surface area (Å²) < 4.78 is 1.70. The maximum Gasteiger partial charge on any atom is 0.254 e. The molecule has 0 aliphatic rings. The van der Waals surface area contributed by atoms with Gasteiger partial charge in [0, 0.05) is 23.9 Å². The fourth-order valence-electron chi connectivity index (χ4n) is 2.18. The van der Waals surface area contributed by atoms with Crippen LogP contribution in [0, 0.1) is 13.8 Å². The topological polar surface area (TPSA) is 22.0 Å². The summed E-state index contributed by atoms with van der Waals surface area (Å²) in [5, 5.41) is 0. The Morgan fingerprint density at radius 3 is 2.50 bits per heavy atom. The molecule has 0 saturated carbocycles. The molecule has 18 heavy (non-hydrogen) atoms. The molecule has 0 bridgehead atoms. The summed E-state index contributed by atoms with van der Waals surface area (Å²) >= 11 is 4.17. The SMILES string of the molecule is Cc1ccc(-c2ccc(CS)c(=O)n2C)c(C)c1. The van der Waals surface area contributed by atoms with Crippen LogP contribution in [0.15, 0.2) is 35.1 Å². The van der Waals surface area contributed by atoms with E-state index in [4.69, 9.17) is 0 Å². The average molecular weight is 259 g/mol. The molecule has 0 N–H and O–H groups in total. The molecule has 0 atom stereocenters. The van der Waals surface area contributed by atoms with Crippen molar-refractivity contribution < 1.29 is 0 Å². The molecule has 3 heteroatoms. The second-order valence-electron chi connectivity index (χ2n) is 4.58. The zero-order valence-electron chi connectivity index (χ0n) is 10.9. The van der Waals surface area contributed by atoms with Gasteiger partial charge in [0.2, 0.25) is 0 Å². The Hall–Kier alpha value is -1.48. The number of benzene rings is 1. The number of rotatable bonds is 2. The Morgan fingerprint density at radius 2 is 1.89 bits per heavy atom. The van der Waals surface area contributed by atoms with Gasteiger partial charge in [-0.3, -0.25) is 4.79 Å². The molecule has 0 aliphatic heterocycles. The second kappa shape index (κ2) is 5.02. The molecular formula is C15H17NOS. The molecule has 1 aromatic heterocycles. The van der Waals surface area contributed by atoms with Gasteiger partial charge < -0.3 is 4.57 Å². The summed E-state index contributed by atoms with van der Waals surface area (Å²) in [7, 11) is 1.81. The molecule has 2 rings (SSSR count). The molecule has 0 amide bonds. The highest BCUT2D eigenvalue weighted by Crippen LogP contribution is 2.23. The van der Waals surface area contributed by atoms with Crippen molar-refractivity contribution in [3.63, 3.8) is 0 Å². The Balaban J connectivity index is 2.65. The summed E-state index contributed by atoms with van der Waals surface area (Å²) in [6.45, 7) is 4.14. The van der Waals surface area contributed by atoms with Gasteiger partial charge in [0.25, 0.3) is 5.56 Å². The van der Waals surface area contributed by atoms with Crippen LogP contribution in [0.1, 0.15) is 16.7 Å². The largest absolute Gasteiger partial charge is 0.311 e. The van der Waals surface area contributed by atoms with Gasteiger partial charge in [-0.1, -0.05) is 29.8 Å². The minimum atomic E-state index is 0.0301. The van der Waals surface area contributed by atoms with E-state index in [2.05, 4.69) is 44.7 Å². The van der Waals surface area contributed by atoms with Gasteiger partial charge in [-0.15, -0.1) is 0 Å². The van der Waals surface area contributed by atoms with Crippen molar-refractivity contribution in [3.8, 4) is 11.3 Å². The van der Waals surface area contributed by atoms with Gasteiger partial charge in [-0.25, -0.2) is 0 Å². The smallest absolute Gasteiger partial charge is 0.254 e. The fourth-order valence-corrected chi connectivity index (χ4v) is 2.42. The number of aryl methyl sites for hydroxylation is 2. The predicted octanol–water partition coefficient (Wildman–Crippen LogP) is 3.10. The number of pyridine rings is 1. The van der Waals surface area contributed by atoms with Crippen molar-refractivity contribution in [1.82, 2.24) is 4.57 Å². The van der Waals surface area contributed by atoms with E-state index in [-0.39, 0.29) is 5.56 Å². The number of thiol groups is 1. The van der Waals surface area contributed by atoms with Crippen molar-refractivity contribution in [2.75, 3.05) is 0 Å². The Morgan fingerprint density at radius 1 is 1.17 bits per heavy atom. The lowest BCUT2D eigenvalue weighted by atomic mass is 10.0. The van der Waals surface area contributed by atoms with Crippen LogP contribution in [0.2, 0.25) is 0 Å². The molecule has 0 aliphatic carbocycles. The van der Waals surface area contributed by atoms with Crippen molar-refractivity contribution >= 4 is 12.6 Å². The van der Waals surface area contributed by atoms with E-state index in [9.17, 15) is 4.79 Å². The van der Waals surface area contributed by atoms with Crippen LogP contribution in [0.5, 0.6) is 0 Å². The van der Waals surface area contributed by atoms with Gasteiger partial charge in [0.15, 0.2) is 0 Å². The van der Waals surface area contributed by atoms with E-state index in [1.54, 1.807) is 4.57 Å². The molecule has 1 aromatic carbocycles. The summed E-state index contributed by atoms with van der Waals surface area (Å²) in [4.78, 5) is 12.1. The Bertz CT molecular complexity index is 643. The van der Waals surface area contributed by atoms with E-state index in [0.29, 0.717) is 5.75 Å². The highest BCUT2D eigenvalue weighted by atomic mass is 32.1. The van der Waals surface area contributed by atoms with Crippen LogP contribution in [0.3, 0.4) is 0 Å². The van der Waals surface area contributed by atoms with Crippen molar-refractivity contribution in [2.45, 2.75) is 19.6 Å². The maximum absolute atomic E-state index is 12.1.